The molecule has 2 N–H and O–H groups in total. The fraction of sp³-hybridized carbons (Fsp3) is 0.206. The van der Waals surface area contributed by atoms with E-state index in [0.29, 0.717) is 6.07 Å². The van der Waals surface area contributed by atoms with Gasteiger partial charge in [-0.05, 0) is 54.1 Å². The maximum absolute atomic E-state index is 12.8. The number of ether oxygens (including phenoxy) is 5. The van der Waals surface area contributed by atoms with Crippen LogP contribution in [0.1, 0.15) is 36.6 Å². The molecule has 3 rings (SSSR count). The second kappa shape index (κ2) is 19.4. The van der Waals surface area contributed by atoms with Crippen molar-refractivity contribution in [1.82, 2.24) is 0 Å². The Bertz CT molecular complexity index is 2550. The van der Waals surface area contributed by atoms with E-state index in [1.807, 2.05) is 0 Å². The van der Waals surface area contributed by atoms with Crippen molar-refractivity contribution < 1.29 is 73.8 Å². The summed E-state index contributed by atoms with van der Waals surface area (Å²) in [5.74, 6) is -3.66. The van der Waals surface area contributed by atoms with Crippen LogP contribution >= 0.6 is 0 Å². The van der Waals surface area contributed by atoms with E-state index in [1.54, 1.807) is 12.1 Å². The monoisotopic (exact) mass is 810 g/mol. The van der Waals surface area contributed by atoms with Crippen LogP contribution in [-0.4, -0.2) is 84.5 Å². The number of methoxy groups -OCH3 is 1. The summed E-state index contributed by atoms with van der Waals surface area (Å²) < 4.78 is 91.1. The first-order valence-corrected chi connectivity index (χ1v) is 18.0. The molecule has 0 radical (unpaired) electrons. The SMILES string of the molecule is [C-]#[N+]/C(C#N)=c1/cc(OCCOC(=O)c2ccc(S(=O)(=O)O)cc2C(=O)OC)/c(=C(\C#N)[N+]#[C-])cc1OCCOC(=O)c1ccc(S(=O)(=O)O)cc1COOC. The van der Waals surface area contributed by atoms with Crippen LogP contribution in [0, 0.1) is 35.8 Å². The minimum Gasteiger partial charge on any atom is -0.491 e. The van der Waals surface area contributed by atoms with E-state index >= 15 is 0 Å². The zero-order valence-electron chi connectivity index (χ0n) is 28.9. The van der Waals surface area contributed by atoms with E-state index in [1.165, 1.54) is 7.11 Å². The lowest BCUT2D eigenvalue weighted by atomic mass is 10.1. The summed E-state index contributed by atoms with van der Waals surface area (Å²) in [5, 5.41) is 18.9. The smallest absolute Gasteiger partial charge is 0.339 e. The maximum atomic E-state index is 12.8. The minimum absolute atomic E-state index is 0.0190. The molecule has 0 saturated carbocycles. The largest absolute Gasteiger partial charge is 0.491 e. The third-order valence-corrected chi connectivity index (χ3v) is 8.72. The Morgan fingerprint density at radius 1 is 0.679 bits per heavy atom. The van der Waals surface area contributed by atoms with Crippen LogP contribution in [0.4, 0.5) is 0 Å². The third-order valence-electron chi connectivity index (χ3n) is 7.02. The fourth-order valence-electron chi connectivity index (χ4n) is 4.50. The number of esters is 3. The Morgan fingerprint density at radius 3 is 1.57 bits per heavy atom. The topological polar surface area (TPSA) is 281 Å². The van der Waals surface area contributed by atoms with Crippen molar-refractivity contribution in [3.05, 3.63) is 104 Å². The van der Waals surface area contributed by atoms with Crippen LogP contribution in [0.2, 0.25) is 0 Å². The first-order chi connectivity index (χ1) is 26.5. The minimum atomic E-state index is -4.75. The summed E-state index contributed by atoms with van der Waals surface area (Å²) in [4.78, 5) is 52.2. The lowest BCUT2D eigenvalue weighted by Crippen LogP contribution is -2.23. The van der Waals surface area contributed by atoms with Gasteiger partial charge in [0.1, 0.15) is 44.5 Å². The predicted octanol–water partition coefficient (Wildman–Crippen LogP) is 1.62. The molecule has 0 aliphatic heterocycles. The molecule has 22 heteroatoms. The van der Waals surface area contributed by atoms with Gasteiger partial charge < -0.3 is 23.7 Å². The molecule has 0 aromatic heterocycles. The summed E-state index contributed by atoms with van der Waals surface area (Å²) in [7, 11) is -7.24. The molecule has 0 fully saturated rings. The van der Waals surface area contributed by atoms with Gasteiger partial charge in [-0.15, -0.1) is 0 Å². The van der Waals surface area contributed by atoms with Crippen LogP contribution in [0.3, 0.4) is 0 Å². The highest BCUT2D eigenvalue weighted by Crippen LogP contribution is 2.20. The number of nitrogens with zero attached hydrogens (tertiary/aromatic N) is 4. The van der Waals surface area contributed by atoms with E-state index < -0.39 is 103 Å². The van der Waals surface area contributed by atoms with Gasteiger partial charge in [0, 0.05) is 10.4 Å². The molecule has 3 aromatic carbocycles. The molecule has 290 valence electrons. The highest BCUT2D eigenvalue weighted by Gasteiger charge is 2.23. The van der Waals surface area contributed by atoms with Crippen molar-refractivity contribution in [2.24, 2.45) is 0 Å². The van der Waals surface area contributed by atoms with Crippen molar-refractivity contribution in [2.45, 2.75) is 16.4 Å². The Labute approximate surface area is 317 Å². The second-order valence-electron chi connectivity index (χ2n) is 10.4. The zero-order chi connectivity index (χ0) is 41.6. The third kappa shape index (κ3) is 11.1. The summed E-state index contributed by atoms with van der Waals surface area (Å²) in [5.41, 5.74) is -2.18. The molecule has 3 aromatic rings. The van der Waals surface area contributed by atoms with Crippen molar-refractivity contribution in [3.63, 3.8) is 0 Å². The number of benzene rings is 3. The summed E-state index contributed by atoms with van der Waals surface area (Å²) in [6, 6.07) is 11.1. The Balaban J connectivity index is 1.86. The van der Waals surface area contributed by atoms with Gasteiger partial charge in [0.05, 0.1) is 66.0 Å². The number of hydrogen-bond donors (Lipinski definition) is 2. The number of rotatable bonds is 16. The molecular weight excluding hydrogens is 785 g/mol. The van der Waals surface area contributed by atoms with Crippen LogP contribution in [0.5, 0.6) is 11.5 Å². The standard InChI is InChI=1S/C34H26N4O16S2/c1-37-28(17-35)26-16-31(51-10-12-53-34(41)24-8-6-22(56(45,46)47)14-25(24)32(39)48-3)27(29(18-36)38-2)15-30(26)50-9-11-52-33(40)23-7-5-21(55(42,43)44)13-20(23)19-54-49-4/h5-8,13-16H,9-12,19H2,3-4H3,(H,42,43,44)(H,45,46,47)/b28-26-,29-27+. The average molecular weight is 811 g/mol. The molecular formula is C34H26N4O16S2. The van der Waals surface area contributed by atoms with Gasteiger partial charge >= 0.3 is 17.9 Å². The lowest BCUT2D eigenvalue weighted by molar-refractivity contribution is -0.282. The van der Waals surface area contributed by atoms with Gasteiger partial charge in [-0.1, -0.05) is 0 Å². The Morgan fingerprint density at radius 2 is 1.14 bits per heavy atom. The summed E-state index contributed by atoms with van der Waals surface area (Å²) in [6.07, 6.45) is 0. The van der Waals surface area contributed by atoms with Gasteiger partial charge in [0.15, 0.2) is 0 Å². The number of hydrogen-bond acceptors (Lipinski definition) is 16. The van der Waals surface area contributed by atoms with Gasteiger partial charge in [0.25, 0.3) is 31.6 Å². The molecule has 0 saturated heterocycles. The van der Waals surface area contributed by atoms with Crippen molar-refractivity contribution in [3.8, 4) is 23.6 Å². The first-order valence-electron chi connectivity index (χ1n) is 15.1. The Kier molecular flexibility index (Phi) is 15.1. The van der Waals surface area contributed by atoms with Crippen molar-refractivity contribution in [2.75, 3.05) is 40.6 Å². The molecule has 0 unspecified atom stereocenters. The molecule has 0 amide bonds. The maximum Gasteiger partial charge on any atom is 0.339 e. The predicted molar refractivity (Wildman–Crippen MR) is 184 cm³/mol. The quantitative estimate of drug-likeness (QED) is 0.0395. The van der Waals surface area contributed by atoms with E-state index in [0.717, 1.165) is 49.6 Å². The number of carbonyl (C=O) groups is 3. The van der Waals surface area contributed by atoms with E-state index in [-0.39, 0.29) is 33.1 Å². The molecule has 0 atom stereocenters. The van der Waals surface area contributed by atoms with Crippen LogP contribution in [0.15, 0.2) is 58.3 Å². The second-order valence-corrected chi connectivity index (χ2v) is 13.2. The van der Waals surface area contributed by atoms with Crippen molar-refractivity contribution >= 4 is 49.5 Å². The number of carbonyl (C=O) groups excluding carboxylic acids is 3. The first kappa shape index (κ1) is 43.5. The molecule has 0 spiro atoms. The average Bonchev–Trinajstić information content (AvgIpc) is 3.17. The van der Waals surface area contributed by atoms with Gasteiger partial charge in [-0.25, -0.2) is 44.4 Å². The molecule has 0 heterocycles. The van der Waals surface area contributed by atoms with Crippen molar-refractivity contribution in [1.29, 1.82) is 10.5 Å². The fourth-order valence-corrected chi connectivity index (χ4v) is 5.54. The molecule has 20 nitrogen and oxygen atoms in total. The van der Waals surface area contributed by atoms with Gasteiger partial charge in [-0.3, -0.25) is 9.11 Å². The zero-order valence-corrected chi connectivity index (χ0v) is 30.5. The Hall–Kier alpha value is -6.89. The highest BCUT2D eigenvalue weighted by molar-refractivity contribution is 7.86. The summed E-state index contributed by atoms with van der Waals surface area (Å²) >= 11 is 0. The van der Waals surface area contributed by atoms with E-state index in [9.17, 15) is 50.8 Å². The van der Waals surface area contributed by atoms with E-state index in [4.69, 9.17) is 37.0 Å². The lowest BCUT2D eigenvalue weighted by Gasteiger charge is -2.14. The molecule has 0 aliphatic rings. The summed E-state index contributed by atoms with van der Waals surface area (Å²) in [6.45, 7) is 12.6. The normalized spacial score (nSPS) is 12.0. The van der Waals surface area contributed by atoms with Gasteiger partial charge in [0.2, 0.25) is 0 Å². The molecule has 0 aliphatic carbocycles. The van der Waals surface area contributed by atoms with Gasteiger partial charge in [-0.2, -0.15) is 16.8 Å². The highest BCUT2D eigenvalue weighted by atomic mass is 32.2. The van der Waals surface area contributed by atoms with Crippen LogP contribution in [0.25, 0.3) is 21.1 Å². The number of nitriles is 2. The molecule has 0 bridgehead atoms. The van der Waals surface area contributed by atoms with Crippen LogP contribution in [-0.2, 0) is 50.8 Å². The molecule has 56 heavy (non-hydrogen) atoms. The van der Waals surface area contributed by atoms with Crippen LogP contribution < -0.4 is 19.9 Å². The van der Waals surface area contributed by atoms with E-state index in [2.05, 4.69) is 19.3 Å².